The molecule has 1 unspecified atom stereocenters. The molecule has 1 rings (SSSR count). The third-order valence-electron chi connectivity index (χ3n) is 2.35. The number of aromatic nitrogens is 1. The Bertz CT molecular complexity index is 451. The van der Waals surface area contributed by atoms with Gasteiger partial charge >= 0.3 is 5.97 Å². The number of nitrogens with one attached hydrogen (secondary N) is 1. The number of halogens is 1. The van der Waals surface area contributed by atoms with Crippen LogP contribution < -0.4 is 5.32 Å². The van der Waals surface area contributed by atoms with Crippen LogP contribution in [0.5, 0.6) is 0 Å². The quantitative estimate of drug-likeness (QED) is 0.827. The summed E-state index contributed by atoms with van der Waals surface area (Å²) in [6, 6.07) is 3.08. The van der Waals surface area contributed by atoms with Crippen molar-refractivity contribution in [2.24, 2.45) is 11.3 Å². The average molecular weight is 271 g/mol. The minimum absolute atomic E-state index is 0.278. The monoisotopic (exact) mass is 270 g/mol. The van der Waals surface area contributed by atoms with Crippen LogP contribution >= 0.6 is 11.6 Å². The highest BCUT2D eigenvalue weighted by molar-refractivity contribution is 6.30. The number of carboxylic acid groups (broad SMARTS) is 1. The number of carboxylic acids is 1. The molecule has 0 aliphatic carbocycles. The predicted molar refractivity (Wildman–Crippen MR) is 68.5 cm³/mol. The first-order valence-electron chi connectivity index (χ1n) is 5.37. The number of carbonyl (C=O) groups is 2. The lowest BCUT2D eigenvalue weighted by Gasteiger charge is -2.25. The average Bonchev–Trinajstić information content (AvgIpc) is 2.18. The molecule has 1 atom stereocenters. The van der Waals surface area contributed by atoms with Gasteiger partial charge in [-0.1, -0.05) is 32.4 Å². The highest BCUT2D eigenvalue weighted by Crippen LogP contribution is 2.27. The fourth-order valence-corrected chi connectivity index (χ4v) is 1.64. The Morgan fingerprint density at radius 2 is 2.00 bits per heavy atom. The molecule has 0 aromatic carbocycles. The van der Waals surface area contributed by atoms with Crippen LogP contribution in [0.1, 0.15) is 20.8 Å². The van der Waals surface area contributed by atoms with Gasteiger partial charge in [0.2, 0.25) is 5.91 Å². The lowest BCUT2D eigenvalue weighted by atomic mass is 9.80. The molecule has 1 amide bonds. The van der Waals surface area contributed by atoms with Gasteiger partial charge in [0, 0.05) is 6.20 Å². The Kier molecular flexibility index (Phi) is 4.29. The van der Waals surface area contributed by atoms with Gasteiger partial charge in [0.1, 0.15) is 11.7 Å². The van der Waals surface area contributed by atoms with Crippen LogP contribution in [0, 0.1) is 11.3 Å². The van der Waals surface area contributed by atoms with Crippen molar-refractivity contribution in [3.05, 3.63) is 23.4 Å². The summed E-state index contributed by atoms with van der Waals surface area (Å²) in [6.07, 6.45) is 1.38. The lowest BCUT2D eigenvalue weighted by molar-refractivity contribution is -0.149. The van der Waals surface area contributed by atoms with Gasteiger partial charge in [-0.2, -0.15) is 0 Å². The zero-order valence-electron chi connectivity index (χ0n) is 10.4. The number of nitrogens with zero attached hydrogens (tertiary/aromatic N) is 1. The molecule has 5 nitrogen and oxygen atoms in total. The maximum atomic E-state index is 11.9. The standard InChI is InChI=1S/C12H15ClN2O3/c1-12(2,3)9(11(17)18)10(16)15-8-5-4-7(13)6-14-8/h4-6,9H,1-3H3,(H,17,18)(H,14,15,16). The van der Waals surface area contributed by atoms with Crippen molar-refractivity contribution < 1.29 is 14.7 Å². The molecule has 0 saturated heterocycles. The first-order chi connectivity index (χ1) is 8.21. The predicted octanol–water partition coefficient (Wildman–Crippen LogP) is 2.42. The maximum Gasteiger partial charge on any atom is 0.316 e. The second-order valence-electron chi connectivity index (χ2n) is 4.99. The summed E-state index contributed by atoms with van der Waals surface area (Å²) in [6.45, 7) is 5.09. The van der Waals surface area contributed by atoms with E-state index in [4.69, 9.17) is 16.7 Å². The zero-order chi connectivity index (χ0) is 13.9. The molecule has 18 heavy (non-hydrogen) atoms. The highest BCUT2D eigenvalue weighted by Gasteiger charge is 2.37. The topological polar surface area (TPSA) is 79.3 Å². The number of amides is 1. The molecule has 6 heteroatoms. The van der Waals surface area contributed by atoms with Gasteiger partial charge in [-0.3, -0.25) is 9.59 Å². The van der Waals surface area contributed by atoms with Gasteiger partial charge < -0.3 is 10.4 Å². The molecule has 0 aliphatic heterocycles. The van der Waals surface area contributed by atoms with Crippen LogP contribution in [-0.4, -0.2) is 22.0 Å². The Hall–Kier alpha value is -1.62. The number of pyridine rings is 1. The van der Waals surface area contributed by atoms with Crippen LogP contribution in [0.25, 0.3) is 0 Å². The van der Waals surface area contributed by atoms with E-state index in [0.717, 1.165) is 0 Å². The van der Waals surface area contributed by atoms with Crippen molar-refractivity contribution in [3.8, 4) is 0 Å². The first-order valence-corrected chi connectivity index (χ1v) is 5.75. The molecule has 0 fully saturated rings. The third kappa shape index (κ3) is 3.70. The fourth-order valence-electron chi connectivity index (χ4n) is 1.52. The van der Waals surface area contributed by atoms with Crippen molar-refractivity contribution in [1.82, 2.24) is 4.98 Å². The number of carbonyl (C=O) groups excluding carboxylic acids is 1. The van der Waals surface area contributed by atoms with Crippen molar-refractivity contribution in [2.75, 3.05) is 5.32 Å². The molecule has 0 aliphatic rings. The fraction of sp³-hybridized carbons (Fsp3) is 0.417. The van der Waals surface area contributed by atoms with Crippen molar-refractivity contribution >= 4 is 29.3 Å². The van der Waals surface area contributed by atoms with E-state index >= 15 is 0 Å². The zero-order valence-corrected chi connectivity index (χ0v) is 11.2. The van der Waals surface area contributed by atoms with Gasteiger partial charge in [-0.15, -0.1) is 0 Å². The van der Waals surface area contributed by atoms with Gasteiger partial charge in [-0.25, -0.2) is 4.98 Å². The molecular formula is C12H15ClN2O3. The normalized spacial score (nSPS) is 12.9. The number of hydrogen-bond acceptors (Lipinski definition) is 3. The molecule has 0 bridgehead atoms. The van der Waals surface area contributed by atoms with E-state index in [1.54, 1.807) is 26.8 Å². The van der Waals surface area contributed by atoms with E-state index in [2.05, 4.69) is 10.3 Å². The van der Waals surface area contributed by atoms with Crippen molar-refractivity contribution in [3.63, 3.8) is 0 Å². The Labute approximate surface area is 110 Å². The molecule has 0 spiro atoms. The van der Waals surface area contributed by atoms with Crippen LogP contribution in [0.15, 0.2) is 18.3 Å². The summed E-state index contributed by atoms with van der Waals surface area (Å²) < 4.78 is 0. The number of hydrogen-bond donors (Lipinski definition) is 2. The summed E-state index contributed by atoms with van der Waals surface area (Å²) in [5.74, 6) is -2.62. The second-order valence-corrected chi connectivity index (χ2v) is 5.42. The summed E-state index contributed by atoms with van der Waals surface area (Å²) in [7, 11) is 0. The van der Waals surface area contributed by atoms with E-state index in [9.17, 15) is 9.59 Å². The van der Waals surface area contributed by atoms with E-state index in [-0.39, 0.29) is 5.82 Å². The van der Waals surface area contributed by atoms with Gasteiger partial charge in [0.25, 0.3) is 0 Å². The second kappa shape index (κ2) is 5.35. The Morgan fingerprint density at radius 3 is 2.39 bits per heavy atom. The van der Waals surface area contributed by atoms with Crippen molar-refractivity contribution in [2.45, 2.75) is 20.8 Å². The molecule has 0 saturated carbocycles. The van der Waals surface area contributed by atoms with Gasteiger partial charge in [0.05, 0.1) is 5.02 Å². The Balaban J connectivity index is 2.86. The van der Waals surface area contributed by atoms with Gasteiger partial charge in [-0.05, 0) is 17.5 Å². The highest BCUT2D eigenvalue weighted by atomic mass is 35.5. The van der Waals surface area contributed by atoms with Crippen LogP contribution in [0.3, 0.4) is 0 Å². The number of aliphatic carboxylic acids is 1. The van der Waals surface area contributed by atoms with E-state index in [1.807, 2.05) is 0 Å². The van der Waals surface area contributed by atoms with E-state index in [1.165, 1.54) is 12.3 Å². The first kappa shape index (κ1) is 14.4. The lowest BCUT2D eigenvalue weighted by Crippen LogP contribution is -2.39. The van der Waals surface area contributed by atoms with Crippen LogP contribution in [-0.2, 0) is 9.59 Å². The molecule has 2 N–H and O–H groups in total. The largest absolute Gasteiger partial charge is 0.481 e. The maximum absolute atomic E-state index is 11.9. The van der Waals surface area contributed by atoms with Crippen LogP contribution in [0.2, 0.25) is 5.02 Å². The minimum atomic E-state index is -1.16. The molecule has 0 radical (unpaired) electrons. The molecular weight excluding hydrogens is 256 g/mol. The number of rotatable bonds is 3. The molecule has 1 aromatic heterocycles. The van der Waals surface area contributed by atoms with E-state index in [0.29, 0.717) is 5.02 Å². The van der Waals surface area contributed by atoms with E-state index < -0.39 is 23.2 Å². The SMILES string of the molecule is CC(C)(C)C(C(=O)O)C(=O)Nc1ccc(Cl)cn1. The summed E-state index contributed by atoms with van der Waals surface area (Å²) in [5, 5.41) is 12.0. The molecule has 1 heterocycles. The minimum Gasteiger partial charge on any atom is -0.481 e. The Morgan fingerprint density at radius 1 is 1.39 bits per heavy atom. The van der Waals surface area contributed by atoms with Gasteiger partial charge in [0.15, 0.2) is 0 Å². The smallest absolute Gasteiger partial charge is 0.316 e. The third-order valence-corrected chi connectivity index (χ3v) is 2.58. The van der Waals surface area contributed by atoms with Crippen molar-refractivity contribution in [1.29, 1.82) is 0 Å². The summed E-state index contributed by atoms with van der Waals surface area (Å²) in [4.78, 5) is 26.9. The molecule has 98 valence electrons. The van der Waals surface area contributed by atoms with Crippen LogP contribution in [0.4, 0.5) is 5.82 Å². The molecule has 1 aromatic rings. The summed E-state index contributed by atoms with van der Waals surface area (Å²) >= 11 is 5.66. The number of anilines is 1. The summed E-state index contributed by atoms with van der Waals surface area (Å²) in [5.41, 5.74) is -0.678.